The summed E-state index contributed by atoms with van der Waals surface area (Å²) >= 11 is 0. The number of nitrogens with zero attached hydrogens (tertiary/aromatic N) is 2. The highest BCUT2D eigenvalue weighted by Gasteiger charge is 2.03. The van der Waals surface area contributed by atoms with E-state index in [1.54, 1.807) is 38.3 Å². The van der Waals surface area contributed by atoms with E-state index in [1.165, 1.54) is 0 Å². The fourth-order valence-electron chi connectivity index (χ4n) is 1.32. The second-order valence-corrected chi connectivity index (χ2v) is 3.45. The van der Waals surface area contributed by atoms with Crippen molar-refractivity contribution in [2.75, 3.05) is 7.11 Å². The van der Waals surface area contributed by atoms with Gasteiger partial charge >= 0.3 is 0 Å². The molecule has 0 amide bonds. The van der Waals surface area contributed by atoms with Crippen LogP contribution < -0.4 is 10.3 Å². The van der Waals surface area contributed by atoms with Gasteiger partial charge in [0.05, 0.1) is 18.5 Å². The van der Waals surface area contributed by atoms with Crippen molar-refractivity contribution in [3.63, 3.8) is 0 Å². The van der Waals surface area contributed by atoms with Crippen LogP contribution in [0.5, 0.6) is 5.75 Å². The molecule has 6 heteroatoms. The van der Waals surface area contributed by atoms with Crippen molar-refractivity contribution in [1.29, 1.82) is 0 Å². The van der Waals surface area contributed by atoms with Crippen LogP contribution >= 0.6 is 0 Å². The highest BCUT2D eigenvalue weighted by molar-refractivity contribution is 5.43. The predicted octanol–water partition coefficient (Wildman–Crippen LogP) is 2.44. The number of hydrogen-bond acceptors (Lipinski definition) is 4. The molecule has 2 rings (SSSR count). The van der Waals surface area contributed by atoms with E-state index in [0.717, 1.165) is 5.75 Å². The fraction of sp³-hybridized carbons (Fsp3) is 0.182. The molecule has 0 aliphatic heterocycles. The van der Waals surface area contributed by atoms with Crippen molar-refractivity contribution in [1.82, 2.24) is 10.2 Å². The van der Waals surface area contributed by atoms with Gasteiger partial charge in [-0.3, -0.25) is 9.89 Å². The normalized spacial score (nSPS) is 10.9. The molecule has 0 saturated carbocycles. The van der Waals surface area contributed by atoms with Crippen LogP contribution in [-0.2, 0) is 0 Å². The number of aromatic nitrogens is 2. The lowest BCUT2D eigenvalue weighted by molar-refractivity contribution is 0.415. The Morgan fingerprint density at radius 1 is 1.12 bits per heavy atom. The predicted molar refractivity (Wildman–Crippen MR) is 63.3 cm³/mol. The third-order valence-electron chi connectivity index (χ3n) is 2.27. The summed E-state index contributed by atoms with van der Waals surface area (Å²) in [6.45, 7) is 1.75. The summed E-state index contributed by atoms with van der Waals surface area (Å²) in [7, 11) is 1.60. The topological polar surface area (TPSA) is 82.6 Å². The van der Waals surface area contributed by atoms with E-state index in [1.807, 2.05) is 0 Å². The molecule has 88 valence electrons. The maximum atomic E-state index is 11.3. The summed E-state index contributed by atoms with van der Waals surface area (Å²) in [5.74, 6) is 0.750. The molecule has 17 heavy (non-hydrogen) atoms. The fourth-order valence-corrected chi connectivity index (χ4v) is 1.32. The lowest BCUT2D eigenvalue weighted by Crippen LogP contribution is -1.96. The van der Waals surface area contributed by atoms with Gasteiger partial charge in [-0.15, -0.1) is 5.11 Å². The molecule has 2 aromatic rings. The summed E-state index contributed by atoms with van der Waals surface area (Å²) in [5, 5.41) is 13.0. The Morgan fingerprint density at radius 3 is 2.35 bits per heavy atom. The van der Waals surface area contributed by atoms with E-state index < -0.39 is 0 Å². The minimum atomic E-state index is -0.278. The Hall–Kier alpha value is -2.37. The first-order valence-electron chi connectivity index (χ1n) is 5.04. The van der Waals surface area contributed by atoms with Crippen LogP contribution in [0.3, 0.4) is 0 Å². The molecule has 0 saturated heterocycles. The number of rotatable bonds is 3. The van der Waals surface area contributed by atoms with Gasteiger partial charge in [0.25, 0.3) is 5.56 Å². The molecule has 2 N–H and O–H groups in total. The molecule has 0 bridgehead atoms. The van der Waals surface area contributed by atoms with Gasteiger partial charge in [0, 0.05) is 0 Å². The molecule has 0 atom stereocenters. The van der Waals surface area contributed by atoms with E-state index >= 15 is 0 Å². The summed E-state index contributed by atoms with van der Waals surface area (Å²) in [6.07, 6.45) is 0. The van der Waals surface area contributed by atoms with Crippen LogP contribution in [0.25, 0.3) is 0 Å². The lowest BCUT2D eigenvalue weighted by Gasteiger charge is -1.97. The van der Waals surface area contributed by atoms with Crippen LogP contribution in [0, 0.1) is 6.92 Å². The molecule has 1 aromatic carbocycles. The van der Waals surface area contributed by atoms with Crippen LogP contribution in [-0.4, -0.2) is 17.3 Å². The average molecular weight is 232 g/mol. The molecule has 0 fully saturated rings. The van der Waals surface area contributed by atoms with Gasteiger partial charge in [-0.1, -0.05) is 0 Å². The Morgan fingerprint density at radius 2 is 1.82 bits per heavy atom. The van der Waals surface area contributed by atoms with Crippen molar-refractivity contribution in [2.24, 2.45) is 10.2 Å². The number of aryl methyl sites for hydroxylation is 1. The van der Waals surface area contributed by atoms with Gasteiger partial charge in [0.2, 0.25) is 0 Å². The van der Waals surface area contributed by atoms with Crippen LogP contribution in [0.4, 0.5) is 11.4 Å². The van der Waals surface area contributed by atoms with Gasteiger partial charge in [-0.25, -0.2) is 0 Å². The van der Waals surface area contributed by atoms with E-state index in [9.17, 15) is 4.79 Å². The summed E-state index contributed by atoms with van der Waals surface area (Å²) in [4.78, 5) is 11.3. The Balaban J connectivity index is 2.23. The minimum Gasteiger partial charge on any atom is -0.497 e. The van der Waals surface area contributed by atoms with Crippen molar-refractivity contribution in [2.45, 2.75) is 6.92 Å². The van der Waals surface area contributed by atoms with Gasteiger partial charge in [0.15, 0.2) is 5.69 Å². The standard InChI is InChI=1S/C11H12N4O2/c1-7-10(11(16)15-12-7)14-13-8-3-5-9(17-2)6-4-8/h3-6H,1-2H3,(H2,12,15,16). The number of ether oxygens (including phenoxy) is 1. The summed E-state index contributed by atoms with van der Waals surface area (Å²) in [6, 6.07) is 7.09. The quantitative estimate of drug-likeness (QED) is 0.796. The number of hydrogen-bond donors (Lipinski definition) is 2. The summed E-state index contributed by atoms with van der Waals surface area (Å²) in [5.41, 5.74) is 1.33. The first-order valence-corrected chi connectivity index (χ1v) is 5.04. The molecule has 0 radical (unpaired) electrons. The van der Waals surface area contributed by atoms with E-state index in [0.29, 0.717) is 17.1 Å². The maximum absolute atomic E-state index is 11.3. The van der Waals surface area contributed by atoms with Gasteiger partial charge in [-0.2, -0.15) is 5.11 Å². The van der Waals surface area contributed by atoms with Crippen molar-refractivity contribution in [3.05, 3.63) is 40.3 Å². The number of aromatic amines is 2. The Kier molecular flexibility index (Phi) is 3.04. The third-order valence-corrected chi connectivity index (χ3v) is 2.27. The molecular weight excluding hydrogens is 220 g/mol. The molecule has 6 nitrogen and oxygen atoms in total. The highest BCUT2D eigenvalue weighted by atomic mass is 16.5. The van der Waals surface area contributed by atoms with Gasteiger partial charge in [0.1, 0.15) is 5.75 Å². The van der Waals surface area contributed by atoms with Crippen molar-refractivity contribution in [3.8, 4) is 5.75 Å². The maximum Gasteiger partial charge on any atom is 0.291 e. The number of azo groups is 1. The number of methoxy groups -OCH3 is 1. The van der Waals surface area contributed by atoms with Crippen LogP contribution in [0.15, 0.2) is 39.3 Å². The zero-order chi connectivity index (χ0) is 12.3. The average Bonchev–Trinajstić information content (AvgIpc) is 2.67. The highest BCUT2D eigenvalue weighted by Crippen LogP contribution is 2.20. The third kappa shape index (κ3) is 2.41. The van der Waals surface area contributed by atoms with Gasteiger partial charge < -0.3 is 9.84 Å². The molecule has 0 aliphatic carbocycles. The first kappa shape index (κ1) is 11.1. The number of H-pyrrole nitrogens is 2. The molecule has 0 spiro atoms. The second kappa shape index (κ2) is 4.65. The van der Waals surface area contributed by atoms with E-state index in [2.05, 4.69) is 20.4 Å². The monoisotopic (exact) mass is 232 g/mol. The second-order valence-electron chi connectivity index (χ2n) is 3.45. The Labute approximate surface area is 97.3 Å². The zero-order valence-electron chi connectivity index (χ0n) is 9.52. The van der Waals surface area contributed by atoms with Crippen molar-refractivity contribution < 1.29 is 4.74 Å². The molecule has 0 aliphatic rings. The molecular formula is C11H12N4O2. The van der Waals surface area contributed by atoms with Gasteiger partial charge in [-0.05, 0) is 31.2 Å². The van der Waals surface area contributed by atoms with Crippen LogP contribution in [0.1, 0.15) is 5.69 Å². The lowest BCUT2D eigenvalue weighted by atomic mass is 10.3. The Bertz CT molecular complexity index is 580. The van der Waals surface area contributed by atoms with Crippen molar-refractivity contribution >= 4 is 11.4 Å². The van der Waals surface area contributed by atoms with Crippen LogP contribution in [0.2, 0.25) is 0 Å². The van der Waals surface area contributed by atoms with E-state index in [4.69, 9.17) is 4.74 Å². The zero-order valence-corrected chi connectivity index (χ0v) is 9.52. The molecule has 1 heterocycles. The van der Waals surface area contributed by atoms with E-state index in [-0.39, 0.29) is 5.56 Å². The largest absolute Gasteiger partial charge is 0.497 e. The minimum absolute atomic E-state index is 0.278. The smallest absolute Gasteiger partial charge is 0.291 e. The first-order chi connectivity index (χ1) is 8.20. The number of benzene rings is 1. The molecule has 1 aromatic heterocycles. The summed E-state index contributed by atoms with van der Waals surface area (Å²) < 4.78 is 5.03. The molecule has 0 unspecified atom stereocenters. The number of nitrogens with one attached hydrogen (secondary N) is 2. The SMILES string of the molecule is COc1ccc(N=Nc2c(C)[nH][nH]c2=O)cc1.